The topological polar surface area (TPSA) is 57.1 Å². The van der Waals surface area contributed by atoms with Crippen molar-refractivity contribution in [2.45, 2.75) is 25.9 Å². The van der Waals surface area contributed by atoms with Crippen molar-refractivity contribution < 1.29 is 15.5 Å². The van der Waals surface area contributed by atoms with Gasteiger partial charge in [-0.05, 0) is 24.6 Å². The highest BCUT2D eigenvalue weighted by Crippen LogP contribution is 2.31. The highest BCUT2D eigenvalue weighted by Gasteiger charge is 2.24. The van der Waals surface area contributed by atoms with Crippen LogP contribution in [0.5, 0.6) is 11.5 Å². The Balaban J connectivity index is 1.89. The quantitative estimate of drug-likeness (QED) is 0.681. The van der Waals surface area contributed by atoms with Gasteiger partial charge in [0.25, 0.3) is 0 Å². The van der Waals surface area contributed by atoms with Crippen LogP contribution < -0.4 is 5.32 Å². The number of benzene rings is 2. The van der Waals surface area contributed by atoms with Gasteiger partial charge in [-0.3, -0.25) is 0 Å². The second-order valence-electron chi connectivity index (χ2n) is 5.27. The average Bonchev–Trinajstić information content (AvgIpc) is 2.40. The van der Waals surface area contributed by atoms with E-state index in [-0.39, 0.29) is 11.5 Å². The minimum Gasteiger partial charge on any atom is -0.504 e. The van der Waals surface area contributed by atoms with Crippen molar-refractivity contribution in [1.82, 2.24) is 0 Å². The standard InChI is InChI=1S/C16H17NO2/c1-10-2-4-11(5-3-10)14-6-12-7-15(18)16(19)8-13(12)9-17-14/h2-5,7-8,14,17-19H,6,9H2,1H3/p+1/t14-/m1/s1. The number of quaternary nitrogens is 1. The summed E-state index contributed by atoms with van der Waals surface area (Å²) in [5.41, 5.74) is 4.81. The highest BCUT2D eigenvalue weighted by atomic mass is 16.3. The zero-order chi connectivity index (χ0) is 13.4. The SMILES string of the molecule is Cc1ccc([C@H]2Cc3cc(O)c(O)cc3C[NH2+]2)cc1. The Hall–Kier alpha value is -2.00. The van der Waals surface area contributed by atoms with Crippen LogP contribution in [0.3, 0.4) is 0 Å². The summed E-state index contributed by atoms with van der Waals surface area (Å²) in [5, 5.41) is 21.4. The molecule has 0 spiro atoms. The summed E-state index contributed by atoms with van der Waals surface area (Å²) in [6.45, 7) is 2.92. The molecule has 2 aromatic rings. The first-order valence-corrected chi connectivity index (χ1v) is 6.57. The molecule has 0 fully saturated rings. The molecule has 0 radical (unpaired) electrons. The molecule has 1 aliphatic rings. The monoisotopic (exact) mass is 256 g/mol. The third-order valence-corrected chi connectivity index (χ3v) is 3.86. The fraction of sp³-hybridized carbons (Fsp3) is 0.250. The molecule has 1 heterocycles. The molecule has 4 N–H and O–H groups in total. The molecule has 0 amide bonds. The number of hydrogen-bond donors (Lipinski definition) is 3. The van der Waals surface area contributed by atoms with Crippen molar-refractivity contribution in [2.24, 2.45) is 0 Å². The van der Waals surface area contributed by atoms with E-state index in [4.69, 9.17) is 0 Å². The van der Waals surface area contributed by atoms with Crippen LogP contribution in [0.25, 0.3) is 0 Å². The Labute approximate surface area is 112 Å². The molecule has 1 aliphatic heterocycles. The smallest absolute Gasteiger partial charge is 0.157 e. The molecule has 3 nitrogen and oxygen atoms in total. The summed E-state index contributed by atoms with van der Waals surface area (Å²) in [7, 11) is 0. The zero-order valence-corrected chi connectivity index (χ0v) is 10.9. The molecule has 0 unspecified atom stereocenters. The van der Waals surface area contributed by atoms with Gasteiger partial charge in [-0.25, -0.2) is 0 Å². The average molecular weight is 256 g/mol. The molecular formula is C16H18NO2+. The Morgan fingerprint density at radius 2 is 1.63 bits per heavy atom. The number of phenols is 2. The first kappa shape index (κ1) is 12.1. The molecule has 0 saturated heterocycles. The van der Waals surface area contributed by atoms with Gasteiger partial charge in [0.1, 0.15) is 12.6 Å². The minimum atomic E-state index is -0.0269. The van der Waals surface area contributed by atoms with Crippen LogP contribution in [0.2, 0.25) is 0 Å². The van der Waals surface area contributed by atoms with E-state index < -0.39 is 0 Å². The lowest BCUT2D eigenvalue weighted by molar-refractivity contribution is -0.714. The molecule has 1 atom stereocenters. The van der Waals surface area contributed by atoms with E-state index in [0.29, 0.717) is 6.04 Å². The fourth-order valence-corrected chi connectivity index (χ4v) is 2.70. The summed E-state index contributed by atoms with van der Waals surface area (Å²) in [4.78, 5) is 0. The Bertz CT molecular complexity index is 605. The van der Waals surface area contributed by atoms with E-state index in [9.17, 15) is 10.2 Å². The van der Waals surface area contributed by atoms with Gasteiger partial charge in [0.2, 0.25) is 0 Å². The van der Waals surface area contributed by atoms with Crippen LogP contribution >= 0.6 is 0 Å². The van der Waals surface area contributed by atoms with Crippen LogP contribution in [0, 0.1) is 6.92 Å². The van der Waals surface area contributed by atoms with E-state index in [1.807, 2.05) is 0 Å². The number of fused-ring (bicyclic) bond motifs is 1. The van der Waals surface area contributed by atoms with Gasteiger partial charge in [0, 0.05) is 17.5 Å². The second-order valence-corrected chi connectivity index (χ2v) is 5.27. The van der Waals surface area contributed by atoms with Crippen molar-refractivity contribution in [1.29, 1.82) is 0 Å². The largest absolute Gasteiger partial charge is 0.504 e. The first-order chi connectivity index (χ1) is 9.13. The predicted octanol–water partition coefficient (Wildman–Crippen LogP) is 1.77. The maximum Gasteiger partial charge on any atom is 0.157 e. The van der Waals surface area contributed by atoms with E-state index >= 15 is 0 Å². The van der Waals surface area contributed by atoms with Crippen LogP contribution in [0.1, 0.15) is 28.3 Å². The van der Waals surface area contributed by atoms with E-state index in [0.717, 1.165) is 24.1 Å². The molecule has 0 bridgehead atoms. The van der Waals surface area contributed by atoms with Gasteiger partial charge < -0.3 is 15.5 Å². The first-order valence-electron chi connectivity index (χ1n) is 6.57. The predicted molar refractivity (Wildman–Crippen MR) is 73.0 cm³/mol. The highest BCUT2D eigenvalue weighted by molar-refractivity contribution is 5.46. The molecule has 3 heteroatoms. The molecule has 19 heavy (non-hydrogen) atoms. The molecule has 0 saturated carbocycles. The van der Waals surface area contributed by atoms with Gasteiger partial charge in [0.05, 0.1) is 0 Å². The third-order valence-electron chi connectivity index (χ3n) is 3.86. The van der Waals surface area contributed by atoms with Crippen LogP contribution in [0.15, 0.2) is 36.4 Å². The normalized spacial score (nSPS) is 18.1. The number of aryl methyl sites for hydroxylation is 1. The minimum absolute atomic E-state index is 0.0247. The summed E-state index contributed by atoms with van der Waals surface area (Å²) >= 11 is 0. The van der Waals surface area contributed by atoms with Crippen LogP contribution in [-0.4, -0.2) is 10.2 Å². The van der Waals surface area contributed by atoms with Crippen molar-refractivity contribution in [3.8, 4) is 11.5 Å². The molecule has 0 aromatic heterocycles. The number of phenolic OH excluding ortho intramolecular Hbond substituents is 2. The van der Waals surface area contributed by atoms with E-state index in [2.05, 4.69) is 36.5 Å². The van der Waals surface area contributed by atoms with Gasteiger partial charge in [0.15, 0.2) is 11.5 Å². The van der Waals surface area contributed by atoms with Crippen LogP contribution in [-0.2, 0) is 13.0 Å². The van der Waals surface area contributed by atoms with Crippen molar-refractivity contribution in [3.63, 3.8) is 0 Å². The summed E-state index contributed by atoms with van der Waals surface area (Å²) in [5.74, 6) is -0.0516. The summed E-state index contributed by atoms with van der Waals surface area (Å²) < 4.78 is 0. The lowest BCUT2D eigenvalue weighted by Gasteiger charge is -2.24. The number of aromatic hydroxyl groups is 2. The van der Waals surface area contributed by atoms with E-state index in [1.54, 1.807) is 12.1 Å². The maximum absolute atomic E-state index is 9.61. The second kappa shape index (κ2) is 4.59. The molecule has 3 rings (SSSR count). The lowest BCUT2D eigenvalue weighted by Crippen LogP contribution is -2.85. The van der Waals surface area contributed by atoms with Gasteiger partial charge in [-0.2, -0.15) is 0 Å². The maximum atomic E-state index is 9.61. The Kier molecular flexibility index (Phi) is 2.91. The van der Waals surface area contributed by atoms with Gasteiger partial charge in [-0.1, -0.05) is 29.8 Å². The fourth-order valence-electron chi connectivity index (χ4n) is 2.70. The molecule has 0 aliphatic carbocycles. The Morgan fingerprint density at radius 3 is 2.32 bits per heavy atom. The van der Waals surface area contributed by atoms with Crippen LogP contribution in [0.4, 0.5) is 0 Å². The molecular weight excluding hydrogens is 238 g/mol. The lowest BCUT2D eigenvalue weighted by atomic mass is 9.91. The van der Waals surface area contributed by atoms with E-state index in [1.165, 1.54) is 11.1 Å². The summed E-state index contributed by atoms with van der Waals surface area (Å²) in [6.07, 6.45) is 0.881. The number of nitrogens with two attached hydrogens (primary N) is 1. The van der Waals surface area contributed by atoms with Gasteiger partial charge in [-0.15, -0.1) is 0 Å². The van der Waals surface area contributed by atoms with Crippen molar-refractivity contribution in [2.75, 3.05) is 0 Å². The van der Waals surface area contributed by atoms with Gasteiger partial charge >= 0.3 is 0 Å². The molecule has 2 aromatic carbocycles. The zero-order valence-electron chi connectivity index (χ0n) is 10.9. The Morgan fingerprint density at radius 1 is 1.00 bits per heavy atom. The summed E-state index contributed by atoms with van der Waals surface area (Å²) in [6, 6.07) is 12.4. The third kappa shape index (κ3) is 2.29. The molecule has 98 valence electrons. The number of hydrogen-bond acceptors (Lipinski definition) is 2. The van der Waals surface area contributed by atoms with Crippen molar-refractivity contribution >= 4 is 0 Å². The van der Waals surface area contributed by atoms with Crippen molar-refractivity contribution in [3.05, 3.63) is 58.7 Å². The number of rotatable bonds is 1.